The van der Waals surface area contributed by atoms with Gasteiger partial charge in [0.15, 0.2) is 5.75 Å². The Morgan fingerprint density at radius 1 is 0.912 bits per heavy atom. The second-order valence-corrected chi connectivity index (χ2v) is 7.40. The number of phenolic OH excluding ortho intramolecular Hbond substituents is 1. The number of aryl methyl sites for hydroxylation is 1. The Morgan fingerprint density at radius 2 is 1.68 bits per heavy atom. The van der Waals surface area contributed by atoms with E-state index in [2.05, 4.69) is 25.3 Å². The number of rotatable bonds is 6. The van der Waals surface area contributed by atoms with Gasteiger partial charge in [0.25, 0.3) is 5.91 Å². The number of phenols is 1. The number of carbonyl (C=O) groups excluding carboxylic acids is 2. The minimum Gasteiger partial charge on any atom is -0.505 e. The second-order valence-electron chi connectivity index (χ2n) is 7.40. The number of amides is 1. The summed E-state index contributed by atoms with van der Waals surface area (Å²) in [7, 11) is 1.22. The van der Waals surface area contributed by atoms with Crippen LogP contribution in [0, 0.1) is 6.92 Å². The van der Waals surface area contributed by atoms with Crippen LogP contribution in [-0.2, 0) is 4.74 Å². The Bertz CT molecular complexity index is 1360. The van der Waals surface area contributed by atoms with E-state index in [1.54, 1.807) is 24.3 Å². The normalized spacial score (nSPS) is 10.4. The van der Waals surface area contributed by atoms with Crippen molar-refractivity contribution in [3.63, 3.8) is 0 Å². The first-order chi connectivity index (χ1) is 16.4. The molecule has 8 heteroatoms. The molecule has 4 aromatic rings. The van der Waals surface area contributed by atoms with Gasteiger partial charge in [-0.25, -0.2) is 14.8 Å². The molecule has 4 rings (SSSR count). The van der Waals surface area contributed by atoms with Crippen LogP contribution in [0.1, 0.15) is 26.5 Å². The SMILES string of the molecule is COC(=O)c1cccc(NC(=O)c2cccc(Nc3cc(-c4ccccc4)nc(C)n3)c2)c1O. The molecule has 0 spiro atoms. The molecule has 1 aromatic heterocycles. The van der Waals surface area contributed by atoms with Crippen LogP contribution in [0.5, 0.6) is 5.75 Å². The number of nitrogens with zero attached hydrogens (tertiary/aromatic N) is 2. The molecule has 0 atom stereocenters. The molecule has 0 aliphatic heterocycles. The molecule has 0 aliphatic carbocycles. The van der Waals surface area contributed by atoms with Crippen molar-refractivity contribution < 1.29 is 19.4 Å². The standard InChI is InChI=1S/C26H22N4O4/c1-16-27-22(17-8-4-3-5-9-17)15-23(28-16)29-19-11-6-10-18(14-19)25(32)30-21-13-7-12-20(24(21)31)26(33)34-2/h3-15,31H,1-2H3,(H,30,32)(H,27,28,29). The lowest BCUT2D eigenvalue weighted by Gasteiger charge is -2.12. The van der Waals surface area contributed by atoms with Gasteiger partial charge in [0, 0.05) is 22.9 Å². The maximum atomic E-state index is 12.8. The van der Waals surface area contributed by atoms with Gasteiger partial charge in [-0.15, -0.1) is 0 Å². The number of nitrogens with one attached hydrogen (secondary N) is 2. The number of hydrogen-bond acceptors (Lipinski definition) is 7. The van der Waals surface area contributed by atoms with E-state index in [-0.39, 0.29) is 17.0 Å². The molecule has 170 valence electrons. The van der Waals surface area contributed by atoms with Crippen LogP contribution >= 0.6 is 0 Å². The number of carbonyl (C=O) groups is 2. The molecule has 1 amide bonds. The van der Waals surface area contributed by atoms with Gasteiger partial charge in [-0.2, -0.15) is 0 Å². The van der Waals surface area contributed by atoms with E-state index in [0.29, 0.717) is 22.9 Å². The van der Waals surface area contributed by atoms with Crippen molar-refractivity contribution in [3.8, 4) is 17.0 Å². The lowest BCUT2D eigenvalue weighted by molar-refractivity contribution is 0.0597. The average molecular weight is 454 g/mol. The van der Waals surface area contributed by atoms with Gasteiger partial charge in [-0.3, -0.25) is 4.79 Å². The van der Waals surface area contributed by atoms with Crippen molar-refractivity contribution in [1.82, 2.24) is 9.97 Å². The molecule has 0 bridgehead atoms. The minimum absolute atomic E-state index is 0.0379. The van der Waals surface area contributed by atoms with E-state index >= 15 is 0 Å². The third-order valence-corrected chi connectivity index (χ3v) is 4.99. The fourth-order valence-corrected chi connectivity index (χ4v) is 3.39. The van der Waals surface area contributed by atoms with E-state index in [9.17, 15) is 14.7 Å². The highest BCUT2D eigenvalue weighted by Gasteiger charge is 2.17. The summed E-state index contributed by atoms with van der Waals surface area (Å²) >= 11 is 0. The highest BCUT2D eigenvalue weighted by atomic mass is 16.5. The molecule has 0 saturated heterocycles. The molecule has 34 heavy (non-hydrogen) atoms. The number of benzene rings is 3. The van der Waals surface area contributed by atoms with Crippen molar-refractivity contribution in [1.29, 1.82) is 0 Å². The minimum atomic E-state index is -0.699. The lowest BCUT2D eigenvalue weighted by atomic mass is 10.1. The highest BCUT2D eigenvalue weighted by molar-refractivity contribution is 6.06. The monoisotopic (exact) mass is 454 g/mol. The molecule has 8 nitrogen and oxygen atoms in total. The maximum absolute atomic E-state index is 12.8. The Morgan fingerprint density at radius 3 is 2.44 bits per heavy atom. The Balaban J connectivity index is 1.55. The Labute approximate surface area is 196 Å². The van der Waals surface area contributed by atoms with Crippen molar-refractivity contribution >= 4 is 29.1 Å². The summed E-state index contributed by atoms with van der Waals surface area (Å²) in [5, 5.41) is 16.2. The van der Waals surface area contributed by atoms with Crippen LogP contribution in [-0.4, -0.2) is 34.1 Å². The summed E-state index contributed by atoms with van der Waals surface area (Å²) < 4.78 is 4.65. The van der Waals surface area contributed by atoms with Crippen molar-refractivity contribution in [2.75, 3.05) is 17.7 Å². The molecule has 0 aliphatic rings. The van der Waals surface area contributed by atoms with Crippen molar-refractivity contribution in [2.45, 2.75) is 6.92 Å². The number of anilines is 3. The van der Waals surface area contributed by atoms with Crippen molar-refractivity contribution in [2.24, 2.45) is 0 Å². The zero-order valence-corrected chi connectivity index (χ0v) is 18.6. The topological polar surface area (TPSA) is 113 Å². The predicted molar refractivity (Wildman–Crippen MR) is 129 cm³/mol. The van der Waals surface area contributed by atoms with E-state index in [1.807, 2.05) is 49.4 Å². The number of esters is 1. The number of ether oxygens (including phenoxy) is 1. The number of methoxy groups -OCH3 is 1. The summed E-state index contributed by atoms with van der Waals surface area (Å²) in [5.41, 5.74) is 2.82. The van der Waals surface area contributed by atoms with E-state index in [0.717, 1.165) is 11.3 Å². The first kappa shape index (κ1) is 22.5. The largest absolute Gasteiger partial charge is 0.505 e. The smallest absolute Gasteiger partial charge is 0.341 e. The van der Waals surface area contributed by atoms with Gasteiger partial charge in [-0.05, 0) is 37.3 Å². The molecule has 0 saturated carbocycles. The van der Waals surface area contributed by atoms with Crippen molar-refractivity contribution in [3.05, 3.63) is 95.8 Å². The van der Waals surface area contributed by atoms with Gasteiger partial charge in [0.05, 0.1) is 18.5 Å². The van der Waals surface area contributed by atoms with Gasteiger partial charge in [-0.1, -0.05) is 42.5 Å². The van der Waals surface area contributed by atoms with E-state index in [1.165, 1.54) is 19.2 Å². The number of para-hydroxylation sites is 1. The summed E-state index contributed by atoms with van der Waals surface area (Å²) in [4.78, 5) is 33.6. The number of hydrogen-bond donors (Lipinski definition) is 3. The molecule has 0 fully saturated rings. The Kier molecular flexibility index (Phi) is 6.49. The molecule has 1 heterocycles. The fraction of sp³-hybridized carbons (Fsp3) is 0.0769. The zero-order chi connectivity index (χ0) is 24.1. The summed E-state index contributed by atoms with van der Waals surface area (Å²) in [5.74, 6) is -0.312. The van der Waals surface area contributed by atoms with Crippen LogP contribution in [0.2, 0.25) is 0 Å². The molecule has 0 radical (unpaired) electrons. The average Bonchev–Trinajstić information content (AvgIpc) is 2.85. The number of aromatic nitrogens is 2. The fourth-order valence-electron chi connectivity index (χ4n) is 3.39. The maximum Gasteiger partial charge on any atom is 0.341 e. The molecular weight excluding hydrogens is 432 g/mol. The van der Waals surface area contributed by atoms with Crippen LogP contribution in [0.15, 0.2) is 78.9 Å². The van der Waals surface area contributed by atoms with E-state index < -0.39 is 11.9 Å². The first-order valence-corrected chi connectivity index (χ1v) is 10.4. The Hall–Kier alpha value is -4.72. The summed E-state index contributed by atoms with van der Waals surface area (Å²) in [6, 6.07) is 22.9. The quantitative estimate of drug-likeness (QED) is 0.279. The van der Waals surface area contributed by atoms with Crippen LogP contribution in [0.3, 0.4) is 0 Å². The van der Waals surface area contributed by atoms with Gasteiger partial charge < -0.3 is 20.5 Å². The van der Waals surface area contributed by atoms with Gasteiger partial charge in [0.2, 0.25) is 0 Å². The van der Waals surface area contributed by atoms with Crippen LogP contribution in [0.4, 0.5) is 17.2 Å². The predicted octanol–water partition coefficient (Wildman–Crippen LogP) is 4.94. The van der Waals surface area contributed by atoms with E-state index in [4.69, 9.17) is 0 Å². The molecule has 3 N–H and O–H groups in total. The first-order valence-electron chi connectivity index (χ1n) is 10.4. The van der Waals surface area contributed by atoms with Crippen LogP contribution in [0.25, 0.3) is 11.3 Å². The van der Waals surface area contributed by atoms with Gasteiger partial charge in [0.1, 0.15) is 17.2 Å². The molecule has 0 unspecified atom stereocenters. The third-order valence-electron chi connectivity index (χ3n) is 4.99. The molecular formula is C26H22N4O4. The lowest BCUT2D eigenvalue weighted by Crippen LogP contribution is -2.13. The highest BCUT2D eigenvalue weighted by Crippen LogP contribution is 2.29. The third kappa shape index (κ3) is 5.02. The van der Waals surface area contributed by atoms with Gasteiger partial charge >= 0.3 is 5.97 Å². The summed E-state index contributed by atoms with van der Waals surface area (Å²) in [6.45, 7) is 1.82. The number of aromatic hydroxyl groups is 1. The second kappa shape index (κ2) is 9.83. The zero-order valence-electron chi connectivity index (χ0n) is 18.6. The summed E-state index contributed by atoms with van der Waals surface area (Å²) in [6.07, 6.45) is 0. The van der Waals surface area contributed by atoms with Crippen LogP contribution < -0.4 is 10.6 Å². The molecule has 3 aromatic carbocycles.